The number of carbonyl (C=O) groups excluding carboxylic acids is 1. The molecule has 2 rings (SSSR count). The molecule has 1 aromatic carbocycles. The number of nitrogens with zero attached hydrogens (tertiary/aromatic N) is 2. The normalized spacial score (nSPS) is 12.2. The fourth-order valence-corrected chi connectivity index (χ4v) is 1.90. The summed E-state index contributed by atoms with van der Waals surface area (Å²) >= 11 is 3.38. The second kappa shape index (κ2) is 5.35. The molecule has 1 unspecified atom stereocenters. The van der Waals surface area contributed by atoms with Gasteiger partial charge in [0.25, 0.3) is 5.91 Å². The lowest BCUT2D eigenvalue weighted by Gasteiger charge is -2.13. The minimum atomic E-state index is -0.161. The SMILES string of the molecule is CC(NC(=O)c1cn(C)cn1)c1ccc(Br)cc1. The van der Waals surface area contributed by atoms with Gasteiger partial charge in [-0.05, 0) is 24.6 Å². The van der Waals surface area contributed by atoms with Gasteiger partial charge in [-0.25, -0.2) is 4.98 Å². The molecule has 5 heteroatoms. The summed E-state index contributed by atoms with van der Waals surface area (Å²) in [6, 6.07) is 7.82. The van der Waals surface area contributed by atoms with Gasteiger partial charge in [0.2, 0.25) is 0 Å². The molecule has 1 aromatic heterocycles. The number of hydrogen-bond donors (Lipinski definition) is 1. The molecule has 1 amide bonds. The molecule has 0 aliphatic carbocycles. The Labute approximate surface area is 114 Å². The van der Waals surface area contributed by atoms with E-state index in [1.54, 1.807) is 17.1 Å². The van der Waals surface area contributed by atoms with Gasteiger partial charge in [0.05, 0.1) is 12.4 Å². The summed E-state index contributed by atoms with van der Waals surface area (Å²) in [5.74, 6) is -0.161. The van der Waals surface area contributed by atoms with Crippen molar-refractivity contribution in [2.24, 2.45) is 7.05 Å². The minimum Gasteiger partial charge on any atom is -0.344 e. The maximum Gasteiger partial charge on any atom is 0.271 e. The van der Waals surface area contributed by atoms with Crippen LogP contribution in [0.4, 0.5) is 0 Å². The van der Waals surface area contributed by atoms with Crippen LogP contribution in [0.25, 0.3) is 0 Å². The number of nitrogens with one attached hydrogen (secondary N) is 1. The summed E-state index contributed by atoms with van der Waals surface area (Å²) in [7, 11) is 1.84. The maximum absolute atomic E-state index is 11.9. The van der Waals surface area contributed by atoms with E-state index < -0.39 is 0 Å². The molecule has 1 atom stereocenters. The third-order valence-electron chi connectivity index (χ3n) is 2.66. The maximum atomic E-state index is 11.9. The number of benzene rings is 1. The molecule has 0 aliphatic rings. The lowest BCUT2D eigenvalue weighted by molar-refractivity contribution is 0.0935. The van der Waals surface area contributed by atoms with Gasteiger partial charge in [-0.1, -0.05) is 28.1 Å². The van der Waals surface area contributed by atoms with Crippen LogP contribution in [-0.4, -0.2) is 15.5 Å². The highest BCUT2D eigenvalue weighted by atomic mass is 79.9. The number of imidazole rings is 1. The molecule has 0 spiro atoms. The lowest BCUT2D eigenvalue weighted by atomic mass is 10.1. The highest BCUT2D eigenvalue weighted by Gasteiger charge is 2.13. The van der Waals surface area contributed by atoms with Gasteiger partial charge in [0, 0.05) is 17.7 Å². The number of halogens is 1. The summed E-state index contributed by atoms with van der Waals surface area (Å²) < 4.78 is 2.77. The number of amides is 1. The van der Waals surface area contributed by atoms with Gasteiger partial charge in [-0.15, -0.1) is 0 Å². The summed E-state index contributed by atoms with van der Waals surface area (Å²) in [5.41, 5.74) is 1.49. The van der Waals surface area contributed by atoms with Crippen molar-refractivity contribution < 1.29 is 4.79 Å². The Kier molecular flexibility index (Phi) is 3.81. The van der Waals surface area contributed by atoms with Crippen molar-refractivity contribution in [2.75, 3.05) is 0 Å². The quantitative estimate of drug-likeness (QED) is 0.947. The van der Waals surface area contributed by atoms with Crippen LogP contribution in [0.1, 0.15) is 29.0 Å². The van der Waals surface area contributed by atoms with E-state index in [0.29, 0.717) is 5.69 Å². The van der Waals surface area contributed by atoms with Gasteiger partial charge in [0.1, 0.15) is 5.69 Å². The summed E-state index contributed by atoms with van der Waals surface area (Å²) in [4.78, 5) is 15.9. The van der Waals surface area contributed by atoms with Crippen LogP contribution < -0.4 is 5.32 Å². The van der Waals surface area contributed by atoms with Crippen molar-refractivity contribution >= 4 is 21.8 Å². The molecule has 0 aliphatic heterocycles. The van der Waals surface area contributed by atoms with Gasteiger partial charge in [-0.3, -0.25) is 4.79 Å². The molecule has 4 nitrogen and oxygen atoms in total. The van der Waals surface area contributed by atoms with E-state index in [9.17, 15) is 4.79 Å². The van der Waals surface area contributed by atoms with Gasteiger partial charge in [-0.2, -0.15) is 0 Å². The Morgan fingerprint density at radius 1 is 1.39 bits per heavy atom. The van der Waals surface area contributed by atoms with Gasteiger partial charge >= 0.3 is 0 Å². The van der Waals surface area contributed by atoms with E-state index in [4.69, 9.17) is 0 Å². The molecular weight excluding hydrogens is 294 g/mol. The number of carbonyl (C=O) groups is 1. The lowest BCUT2D eigenvalue weighted by Crippen LogP contribution is -2.26. The van der Waals surface area contributed by atoms with E-state index in [2.05, 4.69) is 26.2 Å². The molecule has 0 radical (unpaired) electrons. The molecular formula is C13H14BrN3O. The Hall–Kier alpha value is -1.62. The van der Waals surface area contributed by atoms with Crippen molar-refractivity contribution in [1.82, 2.24) is 14.9 Å². The van der Waals surface area contributed by atoms with Crippen LogP contribution in [0.2, 0.25) is 0 Å². The Bertz CT molecular complexity index is 548. The monoisotopic (exact) mass is 307 g/mol. The van der Waals surface area contributed by atoms with Crippen LogP contribution in [0.5, 0.6) is 0 Å². The van der Waals surface area contributed by atoms with Crippen LogP contribution in [0, 0.1) is 0 Å². The second-order valence-corrected chi connectivity index (χ2v) is 5.09. The molecule has 94 valence electrons. The van der Waals surface area contributed by atoms with Crippen LogP contribution in [-0.2, 0) is 7.05 Å². The third kappa shape index (κ3) is 2.98. The molecule has 0 fully saturated rings. The van der Waals surface area contributed by atoms with Crippen molar-refractivity contribution in [3.63, 3.8) is 0 Å². The largest absolute Gasteiger partial charge is 0.344 e. The van der Waals surface area contributed by atoms with Crippen LogP contribution in [0.3, 0.4) is 0 Å². The Morgan fingerprint density at radius 3 is 2.61 bits per heavy atom. The van der Waals surface area contributed by atoms with Crippen molar-refractivity contribution in [1.29, 1.82) is 0 Å². The van der Waals surface area contributed by atoms with Crippen LogP contribution >= 0.6 is 15.9 Å². The first-order valence-corrected chi connectivity index (χ1v) is 6.40. The van der Waals surface area contributed by atoms with Crippen molar-refractivity contribution in [2.45, 2.75) is 13.0 Å². The topological polar surface area (TPSA) is 46.9 Å². The molecule has 1 N–H and O–H groups in total. The van der Waals surface area contributed by atoms with Crippen molar-refractivity contribution in [3.05, 3.63) is 52.5 Å². The summed E-state index contributed by atoms with van der Waals surface area (Å²) in [5, 5.41) is 2.92. The van der Waals surface area contributed by atoms with Crippen molar-refractivity contribution in [3.8, 4) is 0 Å². The molecule has 0 saturated carbocycles. The third-order valence-corrected chi connectivity index (χ3v) is 3.18. The fraction of sp³-hybridized carbons (Fsp3) is 0.231. The highest BCUT2D eigenvalue weighted by molar-refractivity contribution is 9.10. The Balaban J connectivity index is 2.05. The van der Waals surface area contributed by atoms with E-state index >= 15 is 0 Å². The Morgan fingerprint density at radius 2 is 2.06 bits per heavy atom. The molecule has 0 saturated heterocycles. The average molecular weight is 308 g/mol. The summed E-state index contributed by atoms with van der Waals surface area (Å²) in [6.45, 7) is 1.95. The number of rotatable bonds is 3. The van der Waals surface area contributed by atoms with E-state index in [-0.39, 0.29) is 11.9 Å². The number of hydrogen-bond acceptors (Lipinski definition) is 2. The highest BCUT2D eigenvalue weighted by Crippen LogP contribution is 2.16. The standard InChI is InChI=1S/C13H14BrN3O/c1-9(10-3-5-11(14)6-4-10)16-13(18)12-7-17(2)8-15-12/h3-9H,1-2H3,(H,16,18). The predicted molar refractivity (Wildman–Crippen MR) is 73.2 cm³/mol. The molecule has 2 aromatic rings. The zero-order chi connectivity index (χ0) is 13.1. The van der Waals surface area contributed by atoms with Gasteiger partial charge in [0.15, 0.2) is 0 Å². The zero-order valence-electron chi connectivity index (χ0n) is 10.2. The fourth-order valence-electron chi connectivity index (χ4n) is 1.64. The molecule has 0 bridgehead atoms. The average Bonchev–Trinajstić information content (AvgIpc) is 2.76. The first kappa shape index (κ1) is 12.8. The first-order valence-electron chi connectivity index (χ1n) is 5.60. The van der Waals surface area contributed by atoms with Crippen LogP contribution in [0.15, 0.2) is 41.3 Å². The van der Waals surface area contributed by atoms with Gasteiger partial charge < -0.3 is 9.88 Å². The number of aromatic nitrogens is 2. The summed E-state index contributed by atoms with van der Waals surface area (Å²) in [6.07, 6.45) is 3.31. The van der Waals surface area contributed by atoms with E-state index in [1.165, 1.54) is 0 Å². The molecule has 1 heterocycles. The van der Waals surface area contributed by atoms with E-state index in [1.807, 2.05) is 38.2 Å². The molecule has 18 heavy (non-hydrogen) atoms. The second-order valence-electron chi connectivity index (χ2n) is 4.17. The van der Waals surface area contributed by atoms with E-state index in [0.717, 1.165) is 10.0 Å². The first-order chi connectivity index (χ1) is 8.56. The smallest absolute Gasteiger partial charge is 0.271 e. The predicted octanol–water partition coefficient (Wildman–Crippen LogP) is 2.67. The number of aryl methyl sites for hydroxylation is 1. The minimum absolute atomic E-state index is 0.0485. The zero-order valence-corrected chi connectivity index (χ0v) is 11.8.